The van der Waals surface area contributed by atoms with Crippen LogP contribution in [0.1, 0.15) is 20.8 Å². The van der Waals surface area contributed by atoms with E-state index < -0.39 is 11.5 Å². The maximum absolute atomic E-state index is 11.9. The van der Waals surface area contributed by atoms with Crippen LogP contribution in [0.4, 0.5) is 18.0 Å². The zero-order valence-corrected chi connectivity index (χ0v) is 13.9. The van der Waals surface area contributed by atoms with Crippen LogP contribution in [0.2, 0.25) is 0 Å². The fourth-order valence-corrected chi connectivity index (χ4v) is 2.78. The van der Waals surface area contributed by atoms with Crippen molar-refractivity contribution in [3.63, 3.8) is 0 Å². The lowest BCUT2D eigenvalue weighted by Gasteiger charge is -2.38. The summed E-state index contributed by atoms with van der Waals surface area (Å²) in [6.45, 7) is 8.05. The highest BCUT2D eigenvalue weighted by Gasteiger charge is 2.28. The molecule has 130 valence electrons. The van der Waals surface area contributed by atoms with Crippen LogP contribution in [0.25, 0.3) is 0 Å². The number of nitrogens with one attached hydrogen (secondary N) is 2. The van der Waals surface area contributed by atoms with Crippen LogP contribution in [0.3, 0.4) is 0 Å². The van der Waals surface area contributed by atoms with Gasteiger partial charge in [0.25, 0.3) is 0 Å². The smallest absolute Gasteiger partial charge is 0.373 e. The summed E-state index contributed by atoms with van der Waals surface area (Å²) in [7, 11) is 0. The molecule has 0 bridgehead atoms. The predicted molar refractivity (Wildman–Crippen MR) is 81.0 cm³/mol. The lowest BCUT2D eigenvalue weighted by atomic mass is 10.2. The van der Waals surface area contributed by atoms with E-state index in [1.54, 1.807) is 0 Å². The average molecular weight is 343 g/mol. The molecule has 0 saturated carbocycles. The number of nitrogens with zero attached hydrogens (tertiary/aromatic N) is 1. The van der Waals surface area contributed by atoms with E-state index in [2.05, 4.69) is 15.5 Å². The van der Waals surface area contributed by atoms with E-state index in [0.29, 0.717) is 6.54 Å². The third-order valence-electron chi connectivity index (χ3n) is 3.28. The molecule has 2 N–H and O–H groups in total. The Kier molecular flexibility index (Phi) is 7.78. The molecule has 1 heterocycles. The predicted octanol–water partition coefficient (Wildman–Crippen LogP) is 2.04. The first-order valence-corrected chi connectivity index (χ1v) is 8.28. The number of thioether (sulfide) groups is 1. The molecular weight excluding hydrogens is 319 g/mol. The first-order chi connectivity index (χ1) is 10.2. The molecule has 0 aliphatic carbocycles. The first kappa shape index (κ1) is 19.4. The number of morpholine rings is 1. The monoisotopic (exact) mass is 343 g/mol. The second kappa shape index (κ2) is 8.83. The van der Waals surface area contributed by atoms with Gasteiger partial charge < -0.3 is 15.4 Å². The molecule has 3 atom stereocenters. The van der Waals surface area contributed by atoms with Crippen LogP contribution in [-0.2, 0) is 4.74 Å². The number of carbonyl (C=O) groups excluding carboxylic acids is 1. The van der Waals surface area contributed by atoms with Crippen LogP contribution < -0.4 is 10.6 Å². The van der Waals surface area contributed by atoms with Crippen molar-refractivity contribution in [2.45, 2.75) is 44.5 Å². The van der Waals surface area contributed by atoms with Crippen molar-refractivity contribution in [3.05, 3.63) is 0 Å². The van der Waals surface area contributed by atoms with Crippen LogP contribution >= 0.6 is 11.8 Å². The number of carbonyl (C=O) groups is 1. The van der Waals surface area contributed by atoms with Crippen molar-refractivity contribution in [1.82, 2.24) is 15.5 Å². The third kappa shape index (κ3) is 8.09. The van der Waals surface area contributed by atoms with E-state index in [1.165, 1.54) is 0 Å². The molecule has 0 spiro atoms. The molecule has 22 heavy (non-hydrogen) atoms. The Morgan fingerprint density at radius 3 is 2.45 bits per heavy atom. The van der Waals surface area contributed by atoms with Gasteiger partial charge in [0, 0.05) is 38.0 Å². The second-order valence-corrected chi connectivity index (χ2v) is 6.65. The van der Waals surface area contributed by atoms with Gasteiger partial charge in [0.05, 0.1) is 12.2 Å². The largest absolute Gasteiger partial charge is 0.441 e. The van der Waals surface area contributed by atoms with Gasteiger partial charge in [-0.3, -0.25) is 4.90 Å². The number of ether oxygens (including phenoxy) is 1. The highest BCUT2D eigenvalue weighted by molar-refractivity contribution is 8.00. The minimum Gasteiger partial charge on any atom is -0.373 e. The summed E-state index contributed by atoms with van der Waals surface area (Å²) in [6, 6.07) is -0.298. The molecule has 5 nitrogen and oxygen atoms in total. The highest BCUT2D eigenvalue weighted by atomic mass is 32.2. The van der Waals surface area contributed by atoms with E-state index in [1.807, 2.05) is 20.8 Å². The maximum atomic E-state index is 11.9. The molecule has 0 aromatic rings. The normalized spacial score (nSPS) is 24.8. The number of rotatable bonds is 6. The number of urea groups is 1. The van der Waals surface area contributed by atoms with Crippen molar-refractivity contribution in [2.24, 2.45) is 0 Å². The lowest BCUT2D eigenvalue weighted by molar-refractivity contribution is -0.0778. The minimum absolute atomic E-state index is 0.0178. The van der Waals surface area contributed by atoms with Crippen molar-refractivity contribution < 1.29 is 22.7 Å². The molecule has 1 aliphatic heterocycles. The van der Waals surface area contributed by atoms with Gasteiger partial charge in [-0.2, -0.15) is 13.2 Å². The SMILES string of the molecule is C[C@@H]1CN([C@@H](C)CNC(=O)NCCSC(F)(F)F)C[C@H](C)O1. The van der Waals surface area contributed by atoms with E-state index in [9.17, 15) is 18.0 Å². The molecule has 1 aliphatic rings. The summed E-state index contributed by atoms with van der Waals surface area (Å²) in [6.07, 6.45) is 0.304. The number of alkyl halides is 3. The van der Waals surface area contributed by atoms with Gasteiger partial charge in [-0.05, 0) is 32.5 Å². The summed E-state index contributed by atoms with van der Waals surface area (Å²) in [4.78, 5) is 13.8. The van der Waals surface area contributed by atoms with Gasteiger partial charge in [0.15, 0.2) is 0 Å². The van der Waals surface area contributed by atoms with Gasteiger partial charge in [0.2, 0.25) is 0 Å². The fraction of sp³-hybridized carbons (Fsp3) is 0.923. The Labute approximate surface area is 133 Å². The zero-order valence-electron chi connectivity index (χ0n) is 13.1. The molecule has 0 aromatic heterocycles. The molecule has 1 rings (SSSR count). The van der Waals surface area contributed by atoms with Crippen molar-refractivity contribution in [3.8, 4) is 0 Å². The highest BCUT2D eigenvalue weighted by Crippen LogP contribution is 2.29. The van der Waals surface area contributed by atoms with Crippen molar-refractivity contribution in [1.29, 1.82) is 0 Å². The fourth-order valence-electron chi connectivity index (χ4n) is 2.34. The lowest BCUT2D eigenvalue weighted by Crippen LogP contribution is -2.53. The Morgan fingerprint density at radius 2 is 1.91 bits per heavy atom. The summed E-state index contributed by atoms with van der Waals surface area (Å²) >= 11 is -0.142. The Hall–Kier alpha value is -0.670. The molecule has 0 aromatic carbocycles. The summed E-state index contributed by atoms with van der Waals surface area (Å²) in [5, 5.41) is 5.10. The topological polar surface area (TPSA) is 53.6 Å². The standard InChI is InChI=1S/C13H24F3N3O2S/c1-9(19-7-10(2)21-11(3)8-19)6-18-12(20)17-4-5-22-13(14,15)16/h9-11H,4-8H2,1-3H3,(H2,17,18,20)/t9-,10-,11+/m0/s1. The van der Waals surface area contributed by atoms with Gasteiger partial charge >= 0.3 is 11.5 Å². The van der Waals surface area contributed by atoms with Crippen LogP contribution in [0.15, 0.2) is 0 Å². The quantitative estimate of drug-likeness (QED) is 0.725. The average Bonchev–Trinajstić information content (AvgIpc) is 2.38. The number of halogens is 3. The van der Waals surface area contributed by atoms with E-state index in [-0.39, 0.29) is 42.3 Å². The minimum atomic E-state index is -4.25. The first-order valence-electron chi connectivity index (χ1n) is 7.29. The van der Waals surface area contributed by atoms with E-state index in [4.69, 9.17) is 4.74 Å². The van der Waals surface area contributed by atoms with Gasteiger partial charge in [0.1, 0.15) is 0 Å². The molecule has 1 fully saturated rings. The Morgan fingerprint density at radius 1 is 1.32 bits per heavy atom. The number of amides is 2. The van der Waals surface area contributed by atoms with Gasteiger partial charge in [-0.1, -0.05) is 0 Å². The van der Waals surface area contributed by atoms with E-state index >= 15 is 0 Å². The molecule has 0 radical (unpaired) electrons. The van der Waals surface area contributed by atoms with Crippen molar-refractivity contribution in [2.75, 3.05) is 31.9 Å². The van der Waals surface area contributed by atoms with E-state index in [0.717, 1.165) is 13.1 Å². The third-order valence-corrected chi connectivity index (χ3v) is 4.02. The van der Waals surface area contributed by atoms with Crippen LogP contribution in [0, 0.1) is 0 Å². The Bertz CT molecular complexity index is 348. The molecule has 2 amide bonds. The maximum Gasteiger partial charge on any atom is 0.441 e. The summed E-state index contributed by atoms with van der Waals surface area (Å²) in [5.41, 5.74) is -4.25. The zero-order chi connectivity index (χ0) is 16.8. The van der Waals surface area contributed by atoms with Crippen molar-refractivity contribution >= 4 is 17.8 Å². The molecule has 1 saturated heterocycles. The number of hydrogen-bond acceptors (Lipinski definition) is 4. The van der Waals surface area contributed by atoms with Gasteiger partial charge in [-0.25, -0.2) is 4.79 Å². The van der Waals surface area contributed by atoms with Crippen LogP contribution in [0.5, 0.6) is 0 Å². The second-order valence-electron chi connectivity index (χ2n) is 5.49. The van der Waals surface area contributed by atoms with Crippen LogP contribution in [-0.4, -0.2) is 66.6 Å². The number of hydrogen-bond donors (Lipinski definition) is 2. The summed E-state index contributed by atoms with van der Waals surface area (Å²) in [5.74, 6) is -0.190. The molecule has 9 heteroatoms. The molecular formula is C13H24F3N3O2S. The summed E-state index contributed by atoms with van der Waals surface area (Å²) < 4.78 is 41.4. The molecule has 0 unspecified atom stereocenters. The Balaban J connectivity index is 2.17. The van der Waals surface area contributed by atoms with Gasteiger partial charge in [-0.15, -0.1) is 0 Å².